The zero-order chi connectivity index (χ0) is 17.4. The lowest BCUT2D eigenvalue weighted by molar-refractivity contribution is 0.599. The Morgan fingerprint density at radius 2 is 2.25 bits per heavy atom. The van der Waals surface area contributed by atoms with E-state index in [1.54, 1.807) is 0 Å². The predicted octanol–water partition coefficient (Wildman–Crippen LogP) is 3.39. The number of hydrogen-bond acceptors (Lipinski definition) is 3. The standard InChI is InChI=1S/C18H29ClN4S/c1-4-20-18(21-8-10-24-3)22-12-15-7-9-23(13-15)17-11-16(19)6-5-14(17)2/h5-6,11,15H,4,7-10,12-13H2,1-3H3,(H2,20,21,22). The van der Waals surface area contributed by atoms with Crippen molar-refractivity contribution in [3.63, 3.8) is 0 Å². The number of rotatable bonds is 7. The summed E-state index contributed by atoms with van der Waals surface area (Å²) in [7, 11) is 0. The molecule has 2 rings (SSSR count). The first-order valence-corrected chi connectivity index (χ1v) is 10.4. The van der Waals surface area contributed by atoms with Gasteiger partial charge < -0.3 is 15.5 Å². The molecular weight excluding hydrogens is 340 g/mol. The molecular formula is C18H29ClN4S. The van der Waals surface area contributed by atoms with Gasteiger partial charge in [-0.05, 0) is 50.1 Å². The third-order valence-electron chi connectivity index (χ3n) is 4.25. The Labute approximate surface area is 155 Å². The van der Waals surface area contributed by atoms with E-state index in [0.29, 0.717) is 5.92 Å². The largest absolute Gasteiger partial charge is 0.371 e. The molecule has 4 nitrogen and oxygen atoms in total. The minimum atomic E-state index is 0.597. The molecule has 6 heteroatoms. The van der Waals surface area contributed by atoms with Crippen LogP contribution in [0.15, 0.2) is 23.2 Å². The van der Waals surface area contributed by atoms with E-state index in [1.165, 1.54) is 17.7 Å². The topological polar surface area (TPSA) is 39.7 Å². The number of thioether (sulfide) groups is 1. The van der Waals surface area contributed by atoms with Gasteiger partial charge in [0.1, 0.15) is 0 Å². The molecule has 0 radical (unpaired) electrons. The van der Waals surface area contributed by atoms with Gasteiger partial charge in [-0.2, -0.15) is 11.8 Å². The SMILES string of the molecule is CCNC(=NCC1CCN(c2cc(Cl)ccc2C)C1)NCCSC. The summed E-state index contributed by atoms with van der Waals surface area (Å²) in [6.07, 6.45) is 3.30. The Kier molecular flexibility index (Phi) is 8.06. The van der Waals surface area contributed by atoms with Gasteiger partial charge in [-0.1, -0.05) is 17.7 Å². The predicted molar refractivity (Wildman–Crippen MR) is 109 cm³/mol. The Morgan fingerprint density at radius 3 is 3.00 bits per heavy atom. The molecule has 0 amide bonds. The van der Waals surface area contributed by atoms with Gasteiger partial charge in [0.25, 0.3) is 0 Å². The minimum Gasteiger partial charge on any atom is -0.371 e. The van der Waals surface area contributed by atoms with Crippen molar-refractivity contribution in [3.05, 3.63) is 28.8 Å². The molecule has 1 aromatic carbocycles. The van der Waals surface area contributed by atoms with E-state index in [2.05, 4.69) is 47.8 Å². The first kappa shape index (κ1) is 19.3. The summed E-state index contributed by atoms with van der Waals surface area (Å²) in [5, 5.41) is 7.53. The summed E-state index contributed by atoms with van der Waals surface area (Å²) in [5.74, 6) is 2.62. The van der Waals surface area contributed by atoms with Crippen molar-refractivity contribution in [2.24, 2.45) is 10.9 Å². The van der Waals surface area contributed by atoms with Gasteiger partial charge >= 0.3 is 0 Å². The van der Waals surface area contributed by atoms with Crippen LogP contribution < -0.4 is 15.5 Å². The highest BCUT2D eigenvalue weighted by Gasteiger charge is 2.23. The maximum Gasteiger partial charge on any atom is 0.191 e. The zero-order valence-corrected chi connectivity index (χ0v) is 16.5. The van der Waals surface area contributed by atoms with Gasteiger partial charge in [0.15, 0.2) is 5.96 Å². The number of anilines is 1. The first-order valence-electron chi connectivity index (χ1n) is 8.66. The summed E-state index contributed by atoms with van der Waals surface area (Å²) in [5.41, 5.74) is 2.55. The normalized spacial score (nSPS) is 18.1. The average Bonchev–Trinajstić information content (AvgIpc) is 3.04. The maximum atomic E-state index is 6.16. The molecule has 1 saturated heterocycles. The molecule has 1 heterocycles. The van der Waals surface area contributed by atoms with Crippen LogP contribution in [0.2, 0.25) is 5.02 Å². The zero-order valence-electron chi connectivity index (χ0n) is 14.9. The summed E-state index contributed by atoms with van der Waals surface area (Å²) < 4.78 is 0. The van der Waals surface area contributed by atoms with Gasteiger partial charge in [0.05, 0.1) is 0 Å². The number of nitrogens with zero attached hydrogens (tertiary/aromatic N) is 2. The van der Waals surface area contributed by atoms with E-state index in [4.69, 9.17) is 16.6 Å². The van der Waals surface area contributed by atoms with E-state index in [9.17, 15) is 0 Å². The van der Waals surface area contributed by atoms with Gasteiger partial charge in [-0.25, -0.2) is 0 Å². The molecule has 1 aliphatic rings. The Hall–Kier alpha value is -1.07. The molecule has 24 heavy (non-hydrogen) atoms. The number of nitrogens with one attached hydrogen (secondary N) is 2. The fraction of sp³-hybridized carbons (Fsp3) is 0.611. The van der Waals surface area contributed by atoms with Crippen LogP contribution in [0.4, 0.5) is 5.69 Å². The van der Waals surface area contributed by atoms with Crippen LogP contribution >= 0.6 is 23.4 Å². The van der Waals surface area contributed by atoms with Gasteiger partial charge in [0.2, 0.25) is 0 Å². The third-order valence-corrected chi connectivity index (χ3v) is 5.10. The smallest absolute Gasteiger partial charge is 0.191 e. The van der Waals surface area contributed by atoms with Crippen molar-refractivity contribution in [2.75, 3.05) is 49.6 Å². The second kappa shape index (κ2) is 10.0. The molecule has 1 aliphatic heterocycles. The minimum absolute atomic E-state index is 0.597. The van der Waals surface area contributed by atoms with E-state index in [1.807, 2.05) is 17.8 Å². The second-order valence-electron chi connectivity index (χ2n) is 6.17. The molecule has 1 aromatic rings. The Balaban J connectivity index is 1.90. The molecule has 1 fully saturated rings. The van der Waals surface area contributed by atoms with Crippen LogP contribution in [0.1, 0.15) is 18.9 Å². The summed E-state index contributed by atoms with van der Waals surface area (Å²) in [4.78, 5) is 7.21. The highest BCUT2D eigenvalue weighted by molar-refractivity contribution is 7.98. The van der Waals surface area contributed by atoms with E-state index >= 15 is 0 Å². The molecule has 0 aliphatic carbocycles. The van der Waals surface area contributed by atoms with E-state index in [-0.39, 0.29) is 0 Å². The summed E-state index contributed by atoms with van der Waals surface area (Å²) in [6.45, 7) is 9.09. The first-order chi connectivity index (χ1) is 11.6. The molecule has 134 valence electrons. The van der Waals surface area contributed by atoms with Crippen LogP contribution in [-0.2, 0) is 0 Å². The molecule has 0 bridgehead atoms. The quantitative estimate of drug-likeness (QED) is 0.439. The number of hydrogen-bond donors (Lipinski definition) is 2. The van der Waals surface area contributed by atoms with Crippen molar-refractivity contribution < 1.29 is 0 Å². The summed E-state index contributed by atoms with van der Waals surface area (Å²) in [6, 6.07) is 6.14. The number of aryl methyl sites for hydroxylation is 1. The highest BCUT2D eigenvalue weighted by Crippen LogP contribution is 2.29. The second-order valence-corrected chi connectivity index (χ2v) is 7.59. The molecule has 0 saturated carbocycles. The number of halogens is 1. The van der Waals surface area contributed by atoms with Crippen molar-refractivity contribution in [1.82, 2.24) is 10.6 Å². The number of aliphatic imine (C=N–C) groups is 1. The van der Waals surface area contributed by atoms with E-state index < -0.39 is 0 Å². The lowest BCUT2D eigenvalue weighted by atomic mass is 10.1. The van der Waals surface area contributed by atoms with Crippen molar-refractivity contribution in [3.8, 4) is 0 Å². The highest BCUT2D eigenvalue weighted by atomic mass is 35.5. The molecule has 1 unspecified atom stereocenters. The fourth-order valence-corrected chi connectivity index (χ4v) is 3.43. The number of benzene rings is 1. The lowest BCUT2D eigenvalue weighted by Gasteiger charge is -2.21. The lowest BCUT2D eigenvalue weighted by Crippen LogP contribution is -2.38. The fourth-order valence-electron chi connectivity index (χ4n) is 2.96. The number of guanidine groups is 1. The van der Waals surface area contributed by atoms with Gasteiger partial charge in [-0.15, -0.1) is 0 Å². The molecule has 2 N–H and O–H groups in total. The van der Waals surface area contributed by atoms with Gasteiger partial charge in [0, 0.05) is 49.2 Å². The van der Waals surface area contributed by atoms with Gasteiger partial charge in [-0.3, -0.25) is 4.99 Å². The maximum absolute atomic E-state index is 6.16. The monoisotopic (exact) mass is 368 g/mol. The van der Waals surface area contributed by atoms with Crippen molar-refractivity contribution in [2.45, 2.75) is 20.3 Å². The van der Waals surface area contributed by atoms with Crippen molar-refractivity contribution >= 4 is 35.0 Å². The van der Waals surface area contributed by atoms with Crippen LogP contribution in [0.5, 0.6) is 0 Å². The van der Waals surface area contributed by atoms with Crippen LogP contribution in [-0.4, -0.2) is 50.7 Å². The summed E-state index contributed by atoms with van der Waals surface area (Å²) >= 11 is 8.01. The molecule has 0 aromatic heterocycles. The van der Waals surface area contributed by atoms with E-state index in [0.717, 1.165) is 49.5 Å². The average molecular weight is 369 g/mol. The molecule has 1 atom stereocenters. The van der Waals surface area contributed by atoms with Crippen LogP contribution in [0.3, 0.4) is 0 Å². The van der Waals surface area contributed by atoms with Crippen molar-refractivity contribution in [1.29, 1.82) is 0 Å². The van der Waals surface area contributed by atoms with Crippen LogP contribution in [0.25, 0.3) is 0 Å². The molecule has 0 spiro atoms. The van der Waals surface area contributed by atoms with Crippen LogP contribution in [0, 0.1) is 12.8 Å². The Bertz CT molecular complexity index is 550. The Morgan fingerprint density at radius 1 is 1.42 bits per heavy atom. The third kappa shape index (κ3) is 5.78.